The van der Waals surface area contributed by atoms with Gasteiger partial charge in [0.05, 0.1) is 6.10 Å². The molecule has 0 bridgehead atoms. The number of benzene rings is 1. The van der Waals surface area contributed by atoms with E-state index in [1.54, 1.807) is 0 Å². The molecule has 0 amide bonds. The SMILES string of the molecule is CC(CCC(=O)O)Oc1ccc(C(C)(C)C)cc1. The van der Waals surface area contributed by atoms with E-state index in [1.165, 1.54) is 5.56 Å². The zero-order chi connectivity index (χ0) is 13.8. The summed E-state index contributed by atoms with van der Waals surface area (Å²) in [6.07, 6.45) is 0.582. The van der Waals surface area contributed by atoms with E-state index in [1.807, 2.05) is 19.1 Å². The Morgan fingerprint density at radius 1 is 1.28 bits per heavy atom. The first-order chi connectivity index (χ1) is 8.29. The van der Waals surface area contributed by atoms with E-state index in [2.05, 4.69) is 32.9 Å². The maximum absolute atomic E-state index is 10.5. The second-order valence-electron chi connectivity index (χ2n) is 5.64. The third-order valence-electron chi connectivity index (χ3n) is 2.82. The highest BCUT2D eigenvalue weighted by molar-refractivity contribution is 5.66. The van der Waals surface area contributed by atoms with Crippen LogP contribution in [0.25, 0.3) is 0 Å². The summed E-state index contributed by atoms with van der Waals surface area (Å²) >= 11 is 0. The van der Waals surface area contributed by atoms with Gasteiger partial charge in [0.25, 0.3) is 0 Å². The molecule has 1 aromatic rings. The molecule has 0 spiro atoms. The number of carboxylic acid groups (broad SMARTS) is 1. The van der Waals surface area contributed by atoms with E-state index >= 15 is 0 Å². The van der Waals surface area contributed by atoms with Crippen molar-refractivity contribution >= 4 is 5.97 Å². The third kappa shape index (κ3) is 4.78. The average Bonchev–Trinajstić information content (AvgIpc) is 2.26. The van der Waals surface area contributed by atoms with Crippen molar-refractivity contribution in [1.82, 2.24) is 0 Å². The largest absolute Gasteiger partial charge is 0.491 e. The molecular formula is C15H22O3. The lowest BCUT2D eigenvalue weighted by Crippen LogP contribution is -2.14. The van der Waals surface area contributed by atoms with Gasteiger partial charge in [0.2, 0.25) is 0 Å². The third-order valence-corrected chi connectivity index (χ3v) is 2.82. The minimum atomic E-state index is -0.784. The van der Waals surface area contributed by atoms with Gasteiger partial charge < -0.3 is 9.84 Å². The van der Waals surface area contributed by atoms with Gasteiger partial charge in [0.1, 0.15) is 5.75 Å². The molecule has 0 fully saturated rings. The molecule has 1 atom stereocenters. The predicted molar refractivity (Wildman–Crippen MR) is 72.1 cm³/mol. The number of hydrogen-bond donors (Lipinski definition) is 1. The van der Waals surface area contributed by atoms with Crippen LogP contribution in [-0.4, -0.2) is 17.2 Å². The van der Waals surface area contributed by atoms with Gasteiger partial charge in [-0.2, -0.15) is 0 Å². The molecule has 1 aromatic carbocycles. The van der Waals surface area contributed by atoms with Gasteiger partial charge in [0.15, 0.2) is 0 Å². The van der Waals surface area contributed by atoms with Crippen molar-refractivity contribution in [1.29, 1.82) is 0 Å². The van der Waals surface area contributed by atoms with Crippen LogP contribution in [0, 0.1) is 0 Å². The maximum Gasteiger partial charge on any atom is 0.303 e. The Hall–Kier alpha value is -1.51. The lowest BCUT2D eigenvalue weighted by molar-refractivity contribution is -0.137. The molecule has 0 saturated heterocycles. The van der Waals surface area contributed by atoms with Crippen molar-refractivity contribution in [3.63, 3.8) is 0 Å². The second-order valence-corrected chi connectivity index (χ2v) is 5.64. The van der Waals surface area contributed by atoms with E-state index in [0.29, 0.717) is 6.42 Å². The molecule has 0 radical (unpaired) electrons. The Labute approximate surface area is 109 Å². The highest BCUT2D eigenvalue weighted by Gasteiger charge is 2.13. The summed E-state index contributed by atoms with van der Waals surface area (Å²) in [6, 6.07) is 7.99. The first-order valence-electron chi connectivity index (χ1n) is 6.28. The van der Waals surface area contributed by atoms with Gasteiger partial charge in [-0.3, -0.25) is 4.79 Å². The number of aliphatic carboxylic acids is 1. The standard InChI is InChI=1S/C15H22O3/c1-11(5-10-14(16)17)18-13-8-6-12(7-9-13)15(2,3)4/h6-9,11H,5,10H2,1-4H3,(H,16,17). The van der Waals surface area contributed by atoms with Crippen LogP contribution in [0.3, 0.4) is 0 Å². The van der Waals surface area contributed by atoms with Gasteiger partial charge >= 0.3 is 5.97 Å². The molecule has 1 rings (SSSR count). The summed E-state index contributed by atoms with van der Waals surface area (Å²) in [6.45, 7) is 8.38. The van der Waals surface area contributed by atoms with Crippen LogP contribution in [-0.2, 0) is 10.2 Å². The monoisotopic (exact) mass is 250 g/mol. The van der Waals surface area contributed by atoms with Crippen LogP contribution >= 0.6 is 0 Å². The van der Waals surface area contributed by atoms with Gasteiger partial charge in [-0.25, -0.2) is 0 Å². The molecule has 0 aliphatic heterocycles. The number of carboxylic acids is 1. The highest BCUT2D eigenvalue weighted by Crippen LogP contribution is 2.24. The molecule has 0 aromatic heterocycles. The number of carbonyl (C=O) groups is 1. The molecule has 0 heterocycles. The molecule has 3 nitrogen and oxygen atoms in total. The van der Waals surface area contributed by atoms with Gasteiger partial charge in [-0.1, -0.05) is 32.9 Å². The van der Waals surface area contributed by atoms with Crippen LogP contribution in [0.5, 0.6) is 5.75 Å². The Morgan fingerprint density at radius 2 is 1.83 bits per heavy atom. The van der Waals surface area contributed by atoms with Crippen molar-refractivity contribution in [3.05, 3.63) is 29.8 Å². The molecule has 1 unspecified atom stereocenters. The highest BCUT2D eigenvalue weighted by atomic mass is 16.5. The zero-order valence-corrected chi connectivity index (χ0v) is 11.6. The maximum atomic E-state index is 10.5. The van der Waals surface area contributed by atoms with Crippen LogP contribution in [0.2, 0.25) is 0 Å². The normalized spacial score (nSPS) is 13.1. The summed E-state index contributed by atoms with van der Waals surface area (Å²) < 4.78 is 5.67. The number of rotatable bonds is 5. The Bertz CT molecular complexity index is 387. The number of ether oxygens (including phenoxy) is 1. The summed E-state index contributed by atoms with van der Waals surface area (Å²) in [5.74, 6) is 0.00872. The minimum Gasteiger partial charge on any atom is -0.491 e. The van der Waals surface area contributed by atoms with Crippen LogP contribution in [0.1, 0.15) is 46.1 Å². The van der Waals surface area contributed by atoms with Gasteiger partial charge in [0, 0.05) is 6.42 Å². The van der Waals surface area contributed by atoms with Crippen molar-refractivity contribution < 1.29 is 14.6 Å². The first-order valence-corrected chi connectivity index (χ1v) is 6.28. The van der Waals surface area contributed by atoms with Crippen LogP contribution in [0.15, 0.2) is 24.3 Å². The fourth-order valence-electron chi connectivity index (χ4n) is 1.65. The molecule has 0 aliphatic carbocycles. The lowest BCUT2D eigenvalue weighted by atomic mass is 9.87. The van der Waals surface area contributed by atoms with Crippen LogP contribution < -0.4 is 4.74 Å². The van der Waals surface area contributed by atoms with E-state index in [9.17, 15) is 4.79 Å². The summed E-state index contributed by atoms with van der Waals surface area (Å²) in [4.78, 5) is 10.5. The number of hydrogen-bond acceptors (Lipinski definition) is 2. The van der Waals surface area contributed by atoms with Crippen LogP contribution in [0.4, 0.5) is 0 Å². The lowest BCUT2D eigenvalue weighted by Gasteiger charge is -2.20. The molecule has 100 valence electrons. The van der Waals surface area contributed by atoms with Gasteiger partial charge in [-0.15, -0.1) is 0 Å². The summed E-state index contributed by atoms with van der Waals surface area (Å²) in [5, 5.41) is 8.60. The zero-order valence-electron chi connectivity index (χ0n) is 11.6. The Morgan fingerprint density at radius 3 is 2.28 bits per heavy atom. The summed E-state index contributed by atoms with van der Waals surface area (Å²) in [7, 11) is 0. The van der Waals surface area contributed by atoms with E-state index in [-0.39, 0.29) is 17.9 Å². The van der Waals surface area contributed by atoms with Crippen molar-refractivity contribution in [2.75, 3.05) is 0 Å². The quantitative estimate of drug-likeness (QED) is 0.868. The Balaban J connectivity index is 2.56. The average molecular weight is 250 g/mol. The smallest absolute Gasteiger partial charge is 0.303 e. The van der Waals surface area contributed by atoms with Crippen molar-refractivity contribution in [3.8, 4) is 5.75 Å². The first kappa shape index (κ1) is 14.6. The molecule has 1 N–H and O–H groups in total. The fraction of sp³-hybridized carbons (Fsp3) is 0.533. The Kier molecular flexibility index (Phi) is 4.76. The fourth-order valence-corrected chi connectivity index (χ4v) is 1.65. The van der Waals surface area contributed by atoms with E-state index < -0.39 is 5.97 Å². The van der Waals surface area contributed by atoms with E-state index in [0.717, 1.165) is 5.75 Å². The second kappa shape index (κ2) is 5.89. The summed E-state index contributed by atoms with van der Waals surface area (Å²) in [5.41, 5.74) is 1.39. The molecular weight excluding hydrogens is 228 g/mol. The van der Waals surface area contributed by atoms with Crippen molar-refractivity contribution in [2.45, 2.75) is 52.1 Å². The molecule has 0 saturated carbocycles. The van der Waals surface area contributed by atoms with Crippen molar-refractivity contribution in [2.24, 2.45) is 0 Å². The molecule has 18 heavy (non-hydrogen) atoms. The minimum absolute atomic E-state index is 0.0819. The predicted octanol–water partition coefficient (Wildman–Crippen LogP) is 3.62. The molecule has 0 aliphatic rings. The van der Waals surface area contributed by atoms with Gasteiger partial charge in [-0.05, 0) is 36.5 Å². The van der Waals surface area contributed by atoms with E-state index in [4.69, 9.17) is 9.84 Å². The topological polar surface area (TPSA) is 46.5 Å². The molecule has 3 heteroatoms.